The number of amides is 2. The SMILES string of the molecule is Cc1ccc(NC(=O)NC2(/C(N)=N/O)CCCCC2)cc1. The van der Waals surface area contributed by atoms with Crippen molar-refractivity contribution >= 4 is 17.6 Å². The molecule has 1 aliphatic rings. The number of hydrogen-bond acceptors (Lipinski definition) is 3. The van der Waals surface area contributed by atoms with Crippen LogP contribution in [0, 0.1) is 6.92 Å². The second-order valence-corrected chi connectivity index (χ2v) is 5.57. The van der Waals surface area contributed by atoms with Gasteiger partial charge in [-0.3, -0.25) is 0 Å². The molecule has 2 amide bonds. The molecule has 0 atom stereocenters. The van der Waals surface area contributed by atoms with E-state index in [2.05, 4.69) is 15.8 Å². The first-order valence-electron chi connectivity index (χ1n) is 7.19. The van der Waals surface area contributed by atoms with Gasteiger partial charge in [0.2, 0.25) is 0 Å². The summed E-state index contributed by atoms with van der Waals surface area (Å²) >= 11 is 0. The van der Waals surface area contributed by atoms with Gasteiger partial charge in [-0.1, -0.05) is 42.1 Å². The molecule has 0 saturated heterocycles. The van der Waals surface area contributed by atoms with Crippen molar-refractivity contribution in [2.75, 3.05) is 5.32 Å². The number of nitrogens with zero attached hydrogens (tertiary/aromatic N) is 1. The Morgan fingerprint density at radius 3 is 2.43 bits per heavy atom. The molecule has 0 radical (unpaired) electrons. The Morgan fingerprint density at radius 2 is 1.86 bits per heavy atom. The van der Waals surface area contributed by atoms with Crippen LogP contribution in [-0.2, 0) is 0 Å². The Morgan fingerprint density at radius 1 is 1.24 bits per heavy atom. The van der Waals surface area contributed by atoms with Gasteiger partial charge in [-0.05, 0) is 31.9 Å². The van der Waals surface area contributed by atoms with Gasteiger partial charge in [0, 0.05) is 5.69 Å². The van der Waals surface area contributed by atoms with Gasteiger partial charge in [0.15, 0.2) is 5.84 Å². The van der Waals surface area contributed by atoms with Gasteiger partial charge in [0.1, 0.15) is 5.54 Å². The molecule has 21 heavy (non-hydrogen) atoms. The first kappa shape index (κ1) is 15.2. The topological polar surface area (TPSA) is 99.7 Å². The highest BCUT2D eigenvalue weighted by atomic mass is 16.4. The molecule has 0 aromatic heterocycles. The third kappa shape index (κ3) is 3.65. The lowest BCUT2D eigenvalue weighted by Gasteiger charge is -2.36. The van der Waals surface area contributed by atoms with Crippen molar-refractivity contribution < 1.29 is 10.0 Å². The van der Waals surface area contributed by atoms with E-state index in [0.29, 0.717) is 18.5 Å². The monoisotopic (exact) mass is 290 g/mol. The molecule has 1 aliphatic carbocycles. The van der Waals surface area contributed by atoms with E-state index in [-0.39, 0.29) is 11.9 Å². The van der Waals surface area contributed by atoms with Crippen LogP contribution in [-0.4, -0.2) is 22.6 Å². The maximum absolute atomic E-state index is 12.2. The van der Waals surface area contributed by atoms with Crippen LogP contribution in [0.2, 0.25) is 0 Å². The molecule has 0 heterocycles. The zero-order chi connectivity index (χ0) is 15.3. The predicted molar refractivity (Wildman–Crippen MR) is 82.6 cm³/mol. The highest BCUT2D eigenvalue weighted by molar-refractivity contribution is 5.97. The molecule has 5 N–H and O–H groups in total. The summed E-state index contributed by atoms with van der Waals surface area (Å²) in [5, 5.41) is 17.7. The van der Waals surface area contributed by atoms with Crippen LogP contribution >= 0.6 is 0 Å². The summed E-state index contributed by atoms with van der Waals surface area (Å²) in [5.74, 6) is 0.0706. The molecule has 1 aromatic rings. The molecule has 0 aliphatic heterocycles. The lowest BCUT2D eigenvalue weighted by molar-refractivity contribution is 0.233. The Kier molecular flexibility index (Phi) is 4.67. The highest BCUT2D eigenvalue weighted by Gasteiger charge is 2.38. The van der Waals surface area contributed by atoms with Gasteiger partial charge in [-0.2, -0.15) is 0 Å². The molecule has 114 valence electrons. The Labute approximate surface area is 124 Å². The summed E-state index contributed by atoms with van der Waals surface area (Å²) < 4.78 is 0. The fourth-order valence-corrected chi connectivity index (χ4v) is 2.71. The first-order chi connectivity index (χ1) is 10.1. The molecule has 1 aromatic carbocycles. The molecule has 1 fully saturated rings. The Balaban J connectivity index is 2.06. The van der Waals surface area contributed by atoms with Gasteiger partial charge >= 0.3 is 6.03 Å². The maximum atomic E-state index is 12.2. The number of nitrogens with one attached hydrogen (secondary N) is 2. The minimum atomic E-state index is -0.748. The third-order valence-corrected chi connectivity index (χ3v) is 3.97. The van der Waals surface area contributed by atoms with Crippen molar-refractivity contribution in [2.45, 2.75) is 44.6 Å². The number of aryl methyl sites for hydroxylation is 1. The number of carbonyl (C=O) groups excluding carboxylic acids is 1. The van der Waals surface area contributed by atoms with Crippen molar-refractivity contribution in [1.82, 2.24) is 5.32 Å². The minimum Gasteiger partial charge on any atom is -0.409 e. The fraction of sp³-hybridized carbons (Fsp3) is 0.467. The molecule has 0 unspecified atom stereocenters. The average molecular weight is 290 g/mol. The minimum absolute atomic E-state index is 0.0706. The molecular formula is C15H22N4O2. The average Bonchev–Trinajstić information content (AvgIpc) is 2.49. The van der Waals surface area contributed by atoms with Gasteiger partial charge in [-0.15, -0.1) is 0 Å². The summed E-state index contributed by atoms with van der Waals surface area (Å²) in [6.07, 6.45) is 4.36. The number of anilines is 1. The number of amidine groups is 1. The van der Waals surface area contributed by atoms with E-state index >= 15 is 0 Å². The van der Waals surface area contributed by atoms with E-state index in [1.807, 2.05) is 31.2 Å². The van der Waals surface area contributed by atoms with E-state index in [4.69, 9.17) is 10.9 Å². The number of rotatable bonds is 3. The quantitative estimate of drug-likeness (QED) is 0.298. The van der Waals surface area contributed by atoms with Gasteiger partial charge in [0.25, 0.3) is 0 Å². The molecule has 6 nitrogen and oxygen atoms in total. The largest absolute Gasteiger partial charge is 0.409 e. The molecule has 0 spiro atoms. The van der Waals surface area contributed by atoms with Crippen LogP contribution in [0.15, 0.2) is 29.4 Å². The van der Waals surface area contributed by atoms with Crippen LogP contribution in [0.4, 0.5) is 10.5 Å². The van der Waals surface area contributed by atoms with Crippen molar-refractivity contribution in [1.29, 1.82) is 0 Å². The van der Waals surface area contributed by atoms with E-state index in [1.165, 1.54) is 0 Å². The number of oxime groups is 1. The van der Waals surface area contributed by atoms with E-state index in [0.717, 1.165) is 24.8 Å². The Bertz CT molecular complexity index is 519. The molecule has 2 rings (SSSR count). The summed E-state index contributed by atoms with van der Waals surface area (Å²) in [7, 11) is 0. The van der Waals surface area contributed by atoms with E-state index < -0.39 is 5.54 Å². The number of nitrogens with two attached hydrogens (primary N) is 1. The fourth-order valence-electron chi connectivity index (χ4n) is 2.71. The lowest BCUT2D eigenvalue weighted by Crippen LogP contribution is -2.59. The molecule has 1 saturated carbocycles. The zero-order valence-corrected chi connectivity index (χ0v) is 12.2. The normalized spacial score (nSPS) is 18.0. The number of carbonyl (C=O) groups is 1. The second kappa shape index (κ2) is 6.47. The van der Waals surface area contributed by atoms with Gasteiger partial charge < -0.3 is 21.6 Å². The standard InChI is InChI=1S/C15H22N4O2/c1-11-5-7-12(8-6-11)17-14(20)18-15(13(16)19-21)9-3-2-4-10-15/h5-8,21H,2-4,9-10H2,1H3,(H2,16,19)(H2,17,18,20). The van der Waals surface area contributed by atoms with Crippen molar-refractivity contribution in [3.8, 4) is 0 Å². The predicted octanol–water partition coefficient (Wildman–Crippen LogP) is 2.57. The maximum Gasteiger partial charge on any atom is 0.320 e. The summed E-state index contributed by atoms with van der Waals surface area (Å²) in [5.41, 5.74) is 6.89. The number of benzene rings is 1. The third-order valence-electron chi connectivity index (χ3n) is 3.97. The number of urea groups is 1. The zero-order valence-electron chi connectivity index (χ0n) is 12.2. The van der Waals surface area contributed by atoms with Crippen molar-refractivity contribution in [3.63, 3.8) is 0 Å². The smallest absolute Gasteiger partial charge is 0.320 e. The lowest BCUT2D eigenvalue weighted by atomic mass is 9.81. The molecule has 6 heteroatoms. The highest BCUT2D eigenvalue weighted by Crippen LogP contribution is 2.28. The molecule has 0 bridgehead atoms. The Hall–Kier alpha value is -2.24. The van der Waals surface area contributed by atoms with Crippen LogP contribution in [0.1, 0.15) is 37.7 Å². The summed E-state index contributed by atoms with van der Waals surface area (Å²) in [4.78, 5) is 12.2. The second-order valence-electron chi connectivity index (χ2n) is 5.57. The van der Waals surface area contributed by atoms with Crippen molar-refractivity contribution in [2.24, 2.45) is 10.9 Å². The first-order valence-corrected chi connectivity index (χ1v) is 7.19. The van der Waals surface area contributed by atoms with E-state index in [9.17, 15) is 4.79 Å². The van der Waals surface area contributed by atoms with Crippen LogP contribution < -0.4 is 16.4 Å². The summed E-state index contributed by atoms with van der Waals surface area (Å²) in [6, 6.07) is 7.19. The summed E-state index contributed by atoms with van der Waals surface area (Å²) in [6.45, 7) is 1.99. The van der Waals surface area contributed by atoms with Crippen LogP contribution in [0.3, 0.4) is 0 Å². The van der Waals surface area contributed by atoms with Gasteiger partial charge in [-0.25, -0.2) is 4.79 Å². The van der Waals surface area contributed by atoms with Crippen LogP contribution in [0.25, 0.3) is 0 Å². The number of hydrogen-bond donors (Lipinski definition) is 4. The molecular weight excluding hydrogens is 268 g/mol. The van der Waals surface area contributed by atoms with Gasteiger partial charge in [0.05, 0.1) is 0 Å². The van der Waals surface area contributed by atoms with Crippen molar-refractivity contribution in [3.05, 3.63) is 29.8 Å². The van der Waals surface area contributed by atoms with E-state index in [1.54, 1.807) is 0 Å². The van der Waals surface area contributed by atoms with Crippen LogP contribution in [0.5, 0.6) is 0 Å².